The number of thiophene rings is 1. The molecule has 1 rings (SSSR count). The van der Waals surface area contributed by atoms with Crippen LogP contribution in [0.25, 0.3) is 0 Å². The van der Waals surface area contributed by atoms with E-state index in [9.17, 15) is 13.2 Å². The highest BCUT2D eigenvalue weighted by atomic mass is 32.1. The summed E-state index contributed by atoms with van der Waals surface area (Å²) in [6.07, 6.45) is -5.28. The molecule has 0 aliphatic carbocycles. The van der Waals surface area contributed by atoms with E-state index in [2.05, 4.69) is 0 Å². The third kappa shape index (κ3) is 5.52. The van der Waals surface area contributed by atoms with Gasteiger partial charge in [-0.15, -0.1) is 11.3 Å². The molecule has 0 aliphatic heterocycles. The number of alkyl halides is 3. The monoisotopic (exact) mass is 267 g/mol. The quantitative estimate of drug-likeness (QED) is 0.801. The Morgan fingerprint density at radius 3 is 2.65 bits per heavy atom. The number of hydrogen-bond donors (Lipinski definition) is 1. The largest absolute Gasteiger partial charge is 0.389 e. The van der Waals surface area contributed by atoms with Crippen LogP contribution < -0.4 is 5.73 Å². The number of hydrogen-bond acceptors (Lipinski definition) is 3. The molecule has 0 fully saturated rings. The first-order chi connectivity index (χ1) is 7.90. The molecule has 0 saturated carbocycles. The smallest absolute Gasteiger partial charge is 0.371 e. The molecule has 1 aromatic heterocycles. The molecule has 0 amide bonds. The molecule has 1 heterocycles. The highest BCUT2D eigenvalue weighted by Crippen LogP contribution is 2.26. The predicted molar refractivity (Wildman–Crippen MR) is 62.0 cm³/mol. The second-order valence-electron chi connectivity index (χ2n) is 3.88. The van der Waals surface area contributed by atoms with Gasteiger partial charge in [-0.3, -0.25) is 0 Å². The van der Waals surface area contributed by atoms with Gasteiger partial charge in [-0.1, -0.05) is 6.07 Å². The second kappa shape index (κ2) is 6.37. The molecular formula is C11H16F3NOS. The SMILES string of the molecule is CC(N)C(OCCCC(F)(F)F)c1cccs1. The first-order valence-electron chi connectivity index (χ1n) is 5.37. The second-order valence-corrected chi connectivity index (χ2v) is 4.86. The van der Waals surface area contributed by atoms with Gasteiger partial charge in [0.15, 0.2) is 0 Å². The lowest BCUT2D eigenvalue weighted by Crippen LogP contribution is -2.26. The van der Waals surface area contributed by atoms with Crippen molar-refractivity contribution in [2.45, 2.75) is 38.1 Å². The molecule has 6 heteroatoms. The van der Waals surface area contributed by atoms with Crippen molar-refractivity contribution < 1.29 is 17.9 Å². The van der Waals surface area contributed by atoms with Crippen molar-refractivity contribution >= 4 is 11.3 Å². The van der Waals surface area contributed by atoms with E-state index >= 15 is 0 Å². The fourth-order valence-electron chi connectivity index (χ4n) is 1.43. The van der Waals surface area contributed by atoms with E-state index < -0.39 is 12.6 Å². The summed E-state index contributed by atoms with van der Waals surface area (Å²) in [4.78, 5) is 0.951. The van der Waals surface area contributed by atoms with Gasteiger partial charge in [-0.25, -0.2) is 0 Å². The van der Waals surface area contributed by atoms with Crippen molar-refractivity contribution in [1.82, 2.24) is 0 Å². The normalized spacial score (nSPS) is 15.8. The molecule has 17 heavy (non-hydrogen) atoms. The van der Waals surface area contributed by atoms with Crippen molar-refractivity contribution in [2.75, 3.05) is 6.61 Å². The summed E-state index contributed by atoms with van der Waals surface area (Å²) in [7, 11) is 0. The standard InChI is InChI=1S/C11H16F3NOS/c1-8(15)10(9-4-2-7-17-9)16-6-3-5-11(12,13)14/h2,4,7-8,10H,3,5-6,15H2,1H3. The molecule has 2 unspecified atom stereocenters. The summed E-state index contributed by atoms with van der Waals surface area (Å²) in [5, 5.41) is 1.89. The Hall–Kier alpha value is -0.590. The van der Waals surface area contributed by atoms with E-state index in [0.717, 1.165) is 4.88 Å². The molecule has 0 radical (unpaired) electrons. The van der Waals surface area contributed by atoms with Gasteiger partial charge in [0.05, 0.1) is 0 Å². The van der Waals surface area contributed by atoms with Crippen molar-refractivity contribution in [3.8, 4) is 0 Å². The van der Waals surface area contributed by atoms with E-state index in [-0.39, 0.29) is 25.2 Å². The maximum atomic E-state index is 11.9. The summed E-state index contributed by atoms with van der Waals surface area (Å²) in [5.41, 5.74) is 5.76. The molecule has 2 atom stereocenters. The van der Waals surface area contributed by atoms with Crippen molar-refractivity contribution in [3.63, 3.8) is 0 Å². The van der Waals surface area contributed by atoms with Crippen LogP contribution in [0.3, 0.4) is 0 Å². The van der Waals surface area contributed by atoms with E-state index in [1.54, 1.807) is 6.92 Å². The number of ether oxygens (including phenoxy) is 1. The first-order valence-corrected chi connectivity index (χ1v) is 6.25. The summed E-state index contributed by atoms with van der Waals surface area (Å²) in [6, 6.07) is 3.51. The molecule has 2 nitrogen and oxygen atoms in total. The van der Waals surface area contributed by atoms with Gasteiger partial charge < -0.3 is 10.5 Å². The van der Waals surface area contributed by atoms with Gasteiger partial charge in [0.1, 0.15) is 6.10 Å². The fraction of sp³-hybridized carbons (Fsp3) is 0.636. The Kier molecular flexibility index (Phi) is 5.42. The molecule has 2 N–H and O–H groups in total. The van der Waals surface area contributed by atoms with E-state index in [1.165, 1.54) is 11.3 Å². The molecule has 0 bridgehead atoms. The lowest BCUT2D eigenvalue weighted by Gasteiger charge is -2.20. The number of nitrogens with two attached hydrogens (primary N) is 1. The van der Waals surface area contributed by atoms with E-state index in [4.69, 9.17) is 10.5 Å². The summed E-state index contributed by atoms with van der Waals surface area (Å²) in [6.45, 7) is 1.86. The van der Waals surface area contributed by atoms with Gasteiger partial charge in [-0.2, -0.15) is 13.2 Å². The zero-order chi connectivity index (χ0) is 12.9. The fourth-order valence-corrected chi connectivity index (χ4v) is 2.32. The molecule has 0 aliphatic rings. The van der Waals surface area contributed by atoms with Crippen LogP contribution in [0.5, 0.6) is 0 Å². The van der Waals surface area contributed by atoms with Crippen molar-refractivity contribution in [3.05, 3.63) is 22.4 Å². The van der Waals surface area contributed by atoms with Crippen molar-refractivity contribution in [1.29, 1.82) is 0 Å². The predicted octanol–water partition coefficient (Wildman–Crippen LogP) is 3.50. The van der Waals surface area contributed by atoms with Crippen LogP contribution in [0.2, 0.25) is 0 Å². The number of rotatable bonds is 6. The minimum absolute atomic E-state index is 0.0297. The third-order valence-corrected chi connectivity index (χ3v) is 3.14. The summed E-state index contributed by atoms with van der Waals surface area (Å²) in [5.74, 6) is 0. The summed E-state index contributed by atoms with van der Waals surface area (Å²) < 4.78 is 41.2. The first kappa shape index (κ1) is 14.5. The molecule has 0 saturated heterocycles. The minimum atomic E-state index is -4.11. The summed E-state index contributed by atoms with van der Waals surface area (Å²) >= 11 is 1.50. The average molecular weight is 267 g/mol. The Balaban J connectivity index is 2.37. The van der Waals surface area contributed by atoms with Crippen LogP contribution in [-0.2, 0) is 4.74 Å². The van der Waals surface area contributed by atoms with Crippen LogP contribution in [0, 0.1) is 0 Å². The highest BCUT2D eigenvalue weighted by Gasteiger charge is 2.26. The third-order valence-electron chi connectivity index (χ3n) is 2.20. The van der Waals surface area contributed by atoms with Crippen LogP contribution in [0.15, 0.2) is 17.5 Å². The molecule has 98 valence electrons. The van der Waals surface area contributed by atoms with Crippen LogP contribution in [-0.4, -0.2) is 18.8 Å². The van der Waals surface area contributed by atoms with Gasteiger partial charge in [-0.05, 0) is 24.8 Å². The Morgan fingerprint density at radius 2 is 2.18 bits per heavy atom. The lowest BCUT2D eigenvalue weighted by molar-refractivity contribution is -0.139. The molecule has 1 aromatic rings. The van der Waals surface area contributed by atoms with E-state index in [1.807, 2.05) is 17.5 Å². The average Bonchev–Trinajstić information content (AvgIpc) is 2.68. The van der Waals surface area contributed by atoms with Crippen LogP contribution >= 0.6 is 11.3 Å². The van der Waals surface area contributed by atoms with E-state index in [0.29, 0.717) is 0 Å². The minimum Gasteiger partial charge on any atom is -0.371 e. The topological polar surface area (TPSA) is 35.2 Å². The molecule has 0 spiro atoms. The highest BCUT2D eigenvalue weighted by molar-refractivity contribution is 7.10. The molecule has 0 aromatic carbocycles. The Bertz CT molecular complexity index is 311. The van der Waals surface area contributed by atoms with Gasteiger partial charge >= 0.3 is 6.18 Å². The molecular weight excluding hydrogens is 251 g/mol. The Morgan fingerprint density at radius 1 is 1.47 bits per heavy atom. The zero-order valence-electron chi connectivity index (χ0n) is 9.54. The maximum absolute atomic E-state index is 11.9. The van der Waals surface area contributed by atoms with Crippen LogP contribution in [0.1, 0.15) is 30.7 Å². The lowest BCUT2D eigenvalue weighted by atomic mass is 10.1. The van der Waals surface area contributed by atoms with Crippen LogP contribution in [0.4, 0.5) is 13.2 Å². The Labute approximate surface area is 103 Å². The zero-order valence-corrected chi connectivity index (χ0v) is 10.4. The number of halogens is 3. The van der Waals surface area contributed by atoms with Crippen molar-refractivity contribution in [2.24, 2.45) is 5.73 Å². The van der Waals surface area contributed by atoms with Gasteiger partial charge in [0.25, 0.3) is 0 Å². The van der Waals surface area contributed by atoms with Gasteiger partial charge in [0, 0.05) is 23.9 Å². The van der Waals surface area contributed by atoms with Gasteiger partial charge in [0.2, 0.25) is 0 Å². The maximum Gasteiger partial charge on any atom is 0.389 e.